The number of hydrogen-bond acceptors (Lipinski definition) is 3. The van der Waals surface area contributed by atoms with E-state index in [9.17, 15) is 9.59 Å². The molecular weight excluding hydrogens is 192 g/mol. The van der Waals surface area contributed by atoms with Crippen molar-refractivity contribution in [3.8, 4) is 0 Å². The molecule has 0 fully saturated rings. The molecule has 0 aliphatic carbocycles. The summed E-state index contributed by atoms with van der Waals surface area (Å²) in [5.74, 6) is -0.998. The Bertz CT molecular complexity index is 334. The molecule has 1 aromatic heterocycles. The molecule has 0 bridgehead atoms. The molecule has 5 nitrogen and oxygen atoms in total. The average Bonchev–Trinajstić information content (AvgIpc) is 2.47. The minimum Gasteiger partial charge on any atom is -0.478 e. The number of nitrogens with two attached hydrogens (primary N) is 1. The van der Waals surface area contributed by atoms with Crippen LogP contribution in [0.4, 0.5) is 4.79 Å². The fourth-order valence-electron chi connectivity index (χ4n) is 0.835. The number of primary amides is 1. The molecule has 0 saturated carbocycles. The van der Waals surface area contributed by atoms with Crippen LogP contribution < -0.4 is 11.1 Å². The first-order valence-corrected chi connectivity index (χ1v) is 4.32. The van der Waals surface area contributed by atoms with Crippen LogP contribution in [0.5, 0.6) is 0 Å². The lowest BCUT2D eigenvalue weighted by molar-refractivity contribution is 0.0696. The van der Waals surface area contributed by atoms with Gasteiger partial charge in [-0.3, -0.25) is 0 Å². The fourth-order valence-corrected chi connectivity index (χ4v) is 1.64. The largest absolute Gasteiger partial charge is 0.478 e. The monoisotopic (exact) mass is 200 g/mol. The summed E-state index contributed by atoms with van der Waals surface area (Å²) >= 11 is 1.27. The highest BCUT2D eigenvalue weighted by molar-refractivity contribution is 7.10. The van der Waals surface area contributed by atoms with Crippen molar-refractivity contribution in [2.24, 2.45) is 5.73 Å². The normalized spacial score (nSPS) is 9.54. The Morgan fingerprint density at radius 3 is 2.85 bits per heavy atom. The molecule has 2 amide bonds. The number of aromatic carboxylic acids is 1. The Balaban J connectivity index is 2.71. The maximum Gasteiger partial charge on any atom is 0.336 e. The molecule has 0 unspecified atom stereocenters. The number of hydrogen-bond donors (Lipinski definition) is 3. The van der Waals surface area contributed by atoms with E-state index in [4.69, 9.17) is 10.8 Å². The zero-order valence-corrected chi connectivity index (χ0v) is 7.43. The van der Waals surface area contributed by atoms with Crippen LogP contribution in [0.15, 0.2) is 11.4 Å². The number of nitrogens with one attached hydrogen (secondary N) is 1. The van der Waals surface area contributed by atoms with E-state index in [0.717, 1.165) is 0 Å². The lowest BCUT2D eigenvalue weighted by Crippen LogP contribution is -2.28. The van der Waals surface area contributed by atoms with E-state index >= 15 is 0 Å². The molecular formula is C7H8N2O3S. The first-order valence-electron chi connectivity index (χ1n) is 3.44. The number of carboxylic acids is 1. The van der Waals surface area contributed by atoms with Crippen molar-refractivity contribution in [3.05, 3.63) is 21.9 Å². The molecule has 0 aliphatic rings. The summed E-state index contributed by atoms with van der Waals surface area (Å²) in [5.41, 5.74) is 5.05. The molecule has 13 heavy (non-hydrogen) atoms. The summed E-state index contributed by atoms with van der Waals surface area (Å²) in [6, 6.07) is 0.829. The van der Waals surface area contributed by atoms with Crippen LogP contribution in [0.2, 0.25) is 0 Å². The highest BCUT2D eigenvalue weighted by Gasteiger charge is 2.10. The third-order valence-electron chi connectivity index (χ3n) is 1.40. The average molecular weight is 200 g/mol. The summed E-state index contributed by atoms with van der Waals surface area (Å²) in [6.45, 7) is 0.161. The molecule has 0 spiro atoms. The molecule has 70 valence electrons. The van der Waals surface area contributed by atoms with E-state index in [1.165, 1.54) is 17.4 Å². The van der Waals surface area contributed by atoms with Crippen LogP contribution in [-0.2, 0) is 6.54 Å². The highest BCUT2D eigenvalue weighted by atomic mass is 32.1. The van der Waals surface area contributed by atoms with Crippen molar-refractivity contribution in [2.45, 2.75) is 6.54 Å². The Hall–Kier alpha value is -1.56. The molecule has 0 radical (unpaired) electrons. The molecule has 6 heteroatoms. The summed E-state index contributed by atoms with van der Waals surface area (Å²) in [7, 11) is 0. The molecule has 4 N–H and O–H groups in total. The van der Waals surface area contributed by atoms with E-state index < -0.39 is 12.0 Å². The number of thiophene rings is 1. The molecule has 1 rings (SSSR count). The second-order valence-corrected chi connectivity index (χ2v) is 3.28. The molecule has 1 heterocycles. The Kier molecular flexibility index (Phi) is 2.86. The van der Waals surface area contributed by atoms with Crippen molar-refractivity contribution in [2.75, 3.05) is 0 Å². The quantitative estimate of drug-likeness (QED) is 0.667. The summed E-state index contributed by atoms with van der Waals surface area (Å²) in [4.78, 5) is 21.5. The van der Waals surface area contributed by atoms with Gasteiger partial charge in [-0.15, -0.1) is 11.3 Å². The standard InChI is InChI=1S/C7H8N2O3S/c8-7(12)9-3-5-4(6(10)11)1-2-13-5/h1-2H,3H2,(H,10,11)(H3,8,9,12). The van der Waals surface area contributed by atoms with Gasteiger partial charge in [-0.25, -0.2) is 9.59 Å². The van der Waals surface area contributed by atoms with Crippen LogP contribution >= 0.6 is 11.3 Å². The van der Waals surface area contributed by atoms with Gasteiger partial charge in [-0.2, -0.15) is 0 Å². The number of amides is 2. The highest BCUT2D eigenvalue weighted by Crippen LogP contribution is 2.16. The zero-order valence-electron chi connectivity index (χ0n) is 6.61. The van der Waals surface area contributed by atoms with Gasteiger partial charge in [0.15, 0.2) is 0 Å². The van der Waals surface area contributed by atoms with E-state index in [1.54, 1.807) is 5.38 Å². The van der Waals surface area contributed by atoms with Crippen molar-refractivity contribution < 1.29 is 14.7 Å². The van der Waals surface area contributed by atoms with Crippen LogP contribution in [0.1, 0.15) is 15.2 Å². The number of carbonyl (C=O) groups excluding carboxylic acids is 1. The second kappa shape index (κ2) is 3.90. The molecule has 0 aromatic carbocycles. The Labute approximate surface area is 78.2 Å². The van der Waals surface area contributed by atoms with E-state index in [2.05, 4.69) is 5.32 Å². The summed E-state index contributed by atoms with van der Waals surface area (Å²) in [6.07, 6.45) is 0. The van der Waals surface area contributed by atoms with Crippen LogP contribution in [0, 0.1) is 0 Å². The van der Waals surface area contributed by atoms with Gasteiger partial charge in [0.2, 0.25) is 0 Å². The van der Waals surface area contributed by atoms with Gasteiger partial charge in [0.1, 0.15) is 0 Å². The predicted molar refractivity (Wildman–Crippen MR) is 47.7 cm³/mol. The van der Waals surface area contributed by atoms with Gasteiger partial charge < -0.3 is 16.2 Å². The smallest absolute Gasteiger partial charge is 0.336 e. The zero-order chi connectivity index (χ0) is 9.84. The fraction of sp³-hybridized carbons (Fsp3) is 0.143. The van der Waals surface area contributed by atoms with Crippen molar-refractivity contribution in [1.82, 2.24) is 5.32 Å². The van der Waals surface area contributed by atoms with Gasteiger partial charge in [-0.1, -0.05) is 0 Å². The number of carboxylic acid groups (broad SMARTS) is 1. The predicted octanol–water partition coefficient (Wildman–Crippen LogP) is 0.615. The lowest BCUT2D eigenvalue weighted by atomic mass is 10.2. The third kappa shape index (κ3) is 2.45. The Morgan fingerprint density at radius 1 is 1.62 bits per heavy atom. The van der Waals surface area contributed by atoms with Gasteiger partial charge >= 0.3 is 12.0 Å². The molecule has 0 aliphatic heterocycles. The van der Waals surface area contributed by atoms with E-state index in [-0.39, 0.29) is 12.1 Å². The number of rotatable bonds is 3. The second-order valence-electron chi connectivity index (χ2n) is 2.28. The van der Waals surface area contributed by atoms with Crippen molar-refractivity contribution >= 4 is 23.3 Å². The molecule has 1 aromatic rings. The minimum atomic E-state index is -0.998. The Morgan fingerprint density at radius 2 is 2.31 bits per heavy atom. The summed E-state index contributed by atoms with van der Waals surface area (Å²) in [5, 5.41) is 12.7. The number of carbonyl (C=O) groups is 2. The van der Waals surface area contributed by atoms with E-state index in [1.807, 2.05) is 0 Å². The molecule has 0 saturated heterocycles. The van der Waals surface area contributed by atoms with Gasteiger partial charge in [-0.05, 0) is 11.4 Å². The van der Waals surface area contributed by atoms with Gasteiger partial charge in [0.05, 0.1) is 12.1 Å². The first-order chi connectivity index (χ1) is 6.11. The minimum absolute atomic E-state index is 0.161. The van der Waals surface area contributed by atoms with Gasteiger partial charge in [0, 0.05) is 4.88 Å². The third-order valence-corrected chi connectivity index (χ3v) is 2.32. The van der Waals surface area contributed by atoms with Crippen LogP contribution in [0.3, 0.4) is 0 Å². The first kappa shape index (κ1) is 9.53. The SMILES string of the molecule is NC(=O)NCc1sccc1C(=O)O. The van der Waals surface area contributed by atoms with E-state index in [0.29, 0.717) is 4.88 Å². The van der Waals surface area contributed by atoms with Crippen LogP contribution in [-0.4, -0.2) is 17.1 Å². The van der Waals surface area contributed by atoms with Gasteiger partial charge in [0.25, 0.3) is 0 Å². The topological polar surface area (TPSA) is 92.4 Å². The van der Waals surface area contributed by atoms with Crippen molar-refractivity contribution in [1.29, 1.82) is 0 Å². The van der Waals surface area contributed by atoms with Crippen molar-refractivity contribution in [3.63, 3.8) is 0 Å². The lowest BCUT2D eigenvalue weighted by Gasteiger charge is -1.99. The maximum absolute atomic E-state index is 10.6. The summed E-state index contributed by atoms with van der Waals surface area (Å²) < 4.78 is 0. The van der Waals surface area contributed by atoms with Crippen LogP contribution in [0.25, 0.3) is 0 Å². The maximum atomic E-state index is 10.6. The molecule has 0 atom stereocenters. The number of urea groups is 1.